The van der Waals surface area contributed by atoms with Crippen molar-refractivity contribution in [1.29, 1.82) is 0 Å². The molecule has 0 unspecified atom stereocenters. The van der Waals surface area contributed by atoms with Crippen LogP contribution in [0.15, 0.2) is 66.7 Å². The van der Waals surface area contributed by atoms with Crippen LogP contribution < -0.4 is 14.8 Å². The Kier molecular flexibility index (Phi) is 10.1. The lowest BCUT2D eigenvalue weighted by Crippen LogP contribution is -2.52. The summed E-state index contributed by atoms with van der Waals surface area (Å²) in [5, 5.41) is 4.05. The number of carbonyl (C=O) groups is 2. The number of aryl methyl sites for hydroxylation is 1. The maximum Gasteiger partial charge on any atom is 0.243 e. The van der Waals surface area contributed by atoms with Crippen molar-refractivity contribution >= 4 is 35.0 Å². The molecule has 3 aromatic rings. The zero-order valence-electron chi connectivity index (χ0n) is 22.3. The number of hydrogen-bond acceptors (Lipinski definition) is 4. The molecule has 1 aliphatic rings. The van der Waals surface area contributed by atoms with Crippen molar-refractivity contribution in [2.24, 2.45) is 0 Å². The van der Waals surface area contributed by atoms with Crippen molar-refractivity contribution in [3.8, 4) is 11.5 Å². The van der Waals surface area contributed by atoms with E-state index in [0.717, 1.165) is 23.1 Å². The van der Waals surface area contributed by atoms with Crippen LogP contribution >= 0.6 is 23.2 Å². The van der Waals surface area contributed by atoms with Gasteiger partial charge in [-0.25, -0.2) is 0 Å². The molecule has 206 valence electrons. The van der Waals surface area contributed by atoms with Crippen LogP contribution in [0.1, 0.15) is 43.4 Å². The van der Waals surface area contributed by atoms with Gasteiger partial charge in [0.15, 0.2) is 11.5 Å². The second-order valence-electron chi connectivity index (χ2n) is 9.76. The van der Waals surface area contributed by atoms with Crippen LogP contribution in [0.2, 0.25) is 10.0 Å². The summed E-state index contributed by atoms with van der Waals surface area (Å²) in [6.07, 6.45) is 1.87. The molecular weight excluding hydrogens is 535 g/mol. The van der Waals surface area contributed by atoms with Gasteiger partial charge in [0, 0.05) is 35.5 Å². The number of hydrogen-bond donors (Lipinski definition) is 1. The SMILES string of the molecule is CC[C@@H](C)NC(=O)[C@@H](Cc1ccccc1)N(Cc1ccc(Cl)cc1Cl)C(=O)CCc1ccc2c(c1)OCCO2. The number of fused-ring (bicyclic) bond motifs is 1. The zero-order valence-corrected chi connectivity index (χ0v) is 23.8. The summed E-state index contributed by atoms with van der Waals surface area (Å²) in [7, 11) is 0. The normalized spacial score (nSPS) is 13.8. The van der Waals surface area contributed by atoms with Crippen molar-refractivity contribution in [2.45, 2.75) is 58.2 Å². The minimum absolute atomic E-state index is 0.0236. The Morgan fingerprint density at radius 3 is 2.41 bits per heavy atom. The molecule has 2 atom stereocenters. The van der Waals surface area contributed by atoms with Crippen molar-refractivity contribution in [3.63, 3.8) is 0 Å². The zero-order chi connectivity index (χ0) is 27.8. The second-order valence-corrected chi connectivity index (χ2v) is 10.6. The molecule has 1 aliphatic heterocycles. The number of nitrogens with one attached hydrogen (secondary N) is 1. The Labute approximate surface area is 240 Å². The molecule has 0 saturated heterocycles. The molecule has 0 aromatic heterocycles. The van der Waals surface area contributed by atoms with Crippen LogP contribution in [-0.4, -0.2) is 42.0 Å². The fraction of sp³-hybridized carbons (Fsp3) is 0.355. The van der Waals surface area contributed by atoms with Gasteiger partial charge in [-0.2, -0.15) is 0 Å². The first-order chi connectivity index (χ1) is 18.8. The molecule has 0 bridgehead atoms. The Bertz CT molecular complexity index is 1280. The average Bonchev–Trinajstić information content (AvgIpc) is 2.94. The topological polar surface area (TPSA) is 67.9 Å². The predicted octanol–water partition coefficient (Wildman–Crippen LogP) is 6.25. The molecule has 4 rings (SSSR count). The molecule has 1 N–H and O–H groups in total. The molecule has 8 heteroatoms. The van der Waals surface area contributed by atoms with Crippen LogP contribution in [0.5, 0.6) is 11.5 Å². The highest BCUT2D eigenvalue weighted by Gasteiger charge is 2.31. The number of benzene rings is 3. The van der Waals surface area contributed by atoms with Crippen molar-refractivity contribution < 1.29 is 19.1 Å². The molecule has 6 nitrogen and oxygen atoms in total. The first-order valence-electron chi connectivity index (χ1n) is 13.3. The standard InChI is InChI=1S/C31H34Cl2N2O4/c1-3-21(2)34-31(37)27(17-22-7-5-4-6-8-22)35(20-24-11-12-25(32)19-26(24)33)30(36)14-10-23-9-13-28-29(18-23)39-16-15-38-28/h4-9,11-13,18-19,21,27H,3,10,14-17,20H2,1-2H3,(H,34,37)/t21-,27-/m1/s1. The van der Waals surface area contributed by atoms with Gasteiger partial charge in [0.05, 0.1) is 0 Å². The number of nitrogens with zero attached hydrogens (tertiary/aromatic N) is 1. The molecule has 1 heterocycles. The lowest BCUT2D eigenvalue weighted by Gasteiger charge is -2.32. The molecule has 0 fully saturated rings. The van der Waals surface area contributed by atoms with Crippen LogP contribution in [0.3, 0.4) is 0 Å². The number of ether oxygens (including phenoxy) is 2. The third-order valence-corrected chi connectivity index (χ3v) is 7.45. The van der Waals surface area contributed by atoms with Gasteiger partial charge in [0.2, 0.25) is 11.8 Å². The largest absolute Gasteiger partial charge is 0.486 e. The summed E-state index contributed by atoms with van der Waals surface area (Å²) >= 11 is 12.7. The van der Waals surface area contributed by atoms with E-state index < -0.39 is 6.04 Å². The van der Waals surface area contributed by atoms with Gasteiger partial charge in [-0.3, -0.25) is 9.59 Å². The van der Waals surface area contributed by atoms with Gasteiger partial charge in [0.1, 0.15) is 19.3 Å². The Balaban J connectivity index is 1.62. The smallest absolute Gasteiger partial charge is 0.243 e. The van der Waals surface area contributed by atoms with E-state index in [1.165, 1.54) is 0 Å². The summed E-state index contributed by atoms with van der Waals surface area (Å²) in [5.74, 6) is 1.06. The van der Waals surface area contributed by atoms with Crippen LogP contribution in [0, 0.1) is 0 Å². The number of amides is 2. The van der Waals surface area contributed by atoms with Gasteiger partial charge in [-0.1, -0.05) is 72.6 Å². The van der Waals surface area contributed by atoms with E-state index in [1.807, 2.05) is 62.4 Å². The summed E-state index contributed by atoms with van der Waals surface area (Å²) in [6, 6.07) is 19.9. The molecule has 2 amide bonds. The van der Waals surface area contributed by atoms with E-state index in [1.54, 1.807) is 23.1 Å². The highest BCUT2D eigenvalue weighted by molar-refractivity contribution is 6.35. The monoisotopic (exact) mass is 568 g/mol. The molecular formula is C31H34Cl2N2O4. The summed E-state index contributed by atoms with van der Waals surface area (Å²) < 4.78 is 11.3. The van der Waals surface area contributed by atoms with Gasteiger partial charge in [-0.15, -0.1) is 0 Å². The average molecular weight is 570 g/mol. The second kappa shape index (κ2) is 13.7. The van der Waals surface area contributed by atoms with E-state index in [-0.39, 0.29) is 30.8 Å². The summed E-state index contributed by atoms with van der Waals surface area (Å²) in [5.41, 5.74) is 2.65. The van der Waals surface area contributed by atoms with E-state index in [9.17, 15) is 9.59 Å². The Morgan fingerprint density at radius 1 is 0.949 bits per heavy atom. The number of rotatable bonds is 11. The Hall–Kier alpha value is -3.22. The predicted molar refractivity (Wildman–Crippen MR) is 155 cm³/mol. The number of halogens is 2. The van der Waals surface area contributed by atoms with Gasteiger partial charge in [0.25, 0.3) is 0 Å². The first-order valence-corrected chi connectivity index (χ1v) is 14.1. The first kappa shape index (κ1) is 28.8. The Morgan fingerprint density at radius 2 is 1.69 bits per heavy atom. The van der Waals surface area contributed by atoms with Gasteiger partial charge in [-0.05, 0) is 60.7 Å². The number of carbonyl (C=O) groups excluding carboxylic acids is 2. The minimum Gasteiger partial charge on any atom is -0.486 e. The van der Waals surface area contributed by atoms with E-state index in [2.05, 4.69) is 5.32 Å². The lowest BCUT2D eigenvalue weighted by atomic mass is 10.0. The molecule has 0 aliphatic carbocycles. The highest BCUT2D eigenvalue weighted by atomic mass is 35.5. The maximum atomic E-state index is 13.9. The van der Waals surface area contributed by atoms with Crippen molar-refractivity contribution in [1.82, 2.24) is 10.2 Å². The van der Waals surface area contributed by atoms with Gasteiger partial charge < -0.3 is 19.7 Å². The molecule has 39 heavy (non-hydrogen) atoms. The van der Waals surface area contributed by atoms with Crippen LogP contribution in [0.25, 0.3) is 0 Å². The summed E-state index contributed by atoms with van der Waals surface area (Å²) in [6.45, 7) is 5.18. The van der Waals surface area contributed by atoms with Crippen LogP contribution in [0.4, 0.5) is 0 Å². The van der Waals surface area contributed by atoms with Crippen molar-refractivity contribution in [3.05, 3.63) is 93.5 Å². The third kappa shape index (κ3) is 7.90. The summed E-state index contributed by atoms with van der Waals surface area (Å²) in [4.78, 5) is 29.2. The molecule has 0 radical (unpaired) electrons. The molecule has 0 spiro atoms. The molecule has 0 saturated carbocycles. The highest BCUT2D eigenvalue weighted by Crippen LogP contribution is 2.31. The van der Waals surface area contributed by atoms with E-state index >= 15 is 0 Å². The van der Waals surface area contributed by atoms with Crippen LogP contribution in [-0.2, 0) is 29.0 Å². The van der Waals surface area contributed by atoms with Crippen molar-refractivity contribution in [2.75, 3.05) is 13.2 Å². The van der Waals surface area contributed by atoms with Gasteiger partial charge >= 0.3 is 0 Å². The molecule has 3 aromatic carbocycles. The fourth-order valence-electron chi connectivity index (χ4n) is 4.47. The van der Waals surface area contributed by atoms with E-state index in [0.29, 0.717) is 47.6 Å². The van der Waals surface area contributed by atoms with E-state index in [4.69, 9.17) is 32.7 Å². The third-order valence-electron chi connectivity index (χ3n) is 6.86. The quantitative estimate of drug-likeness (QED) is 0.297. The minimum atomic E-state index is -0.721. The lowest BCUT2D eigenvalue weighted by molar-refractivity contribution is -0.141. The maximum absolute atomic E-state index is 13.9. The fourth-order valence-corrected chi connectivity index (χ4v) is 4.93.